The maximum Gasteiger partial charge on any atom is 0.0706 e. The van der Waals surface area contributed by atoms with E-state index in [1.54, 1.807) is 0 Å². The zero-order valence-electron chi connectivity index (χ0n) is 10.9. The van der Waals surface area contributed by atoms with Gasteiger partial charge in [0.05, 0.1) is 5.60 Å². The lowest BCUT2D eigenvalue weighted by Crippen LogP contribution is -2.24. The van der Waals surface area contributed by atoms with Gasteiger partial charge in [-0.15, -0.1) is 0 Å². The number of para-hydroxylation sites is 1. The molecule has 17 heavy (non-hydrogen) atoms. The molecule has 0 radical (unpaired) electrons. The van der Waals surface area contributed by atoms with Crippen LogP contribution in [0.4, 0.5) is 0 Å². The van der Waals surface area contributed by atoms with E-state index < -0.39 is 0 Å². The van der Waals surface area contributed by atoms with Gasteiger partial charge in [-0.3, -0.25) is 0 Å². The van der Waals surface area contributed by atoms with Crippen LogP contribution in [-0.4, -0.2) is 17.2 Å². The topological polar surface area (TPSA) is 25.0 Å². The smallest absolute Gasteiger partial charge is 0.0706 e. The third kappa shape index (κ3) is 2.70. The molecule has 2 aromatic rings. The first-order valence-corrected chi connectivity index (χ1v) is 7.35. The number of fused-ring (bicyclic) bond motifs is 1. The lowest BCUT2D eigenvalue weighted by molar-refractivity contribution is 0.135. The van der Waals surface area contributed by atoms with Gasteiger partial charge in [0, 0.05) is 31.8 Å². The Hall–Kier alpha value is -0.850. The van der Waals surface area contributed by atoms with E-state index in [2.05, 4.69) is 56.7 Å². The van der Waals surface area contributed by atoms with Gasteiger partial charge in [0.2, 0.25) is 0 Å². The van der Waals surface area contributed by atoms with Gasteiger partial charge in [-0.1, -0.05) is 18.2 Å². The molecule has 92 valence electrons. The molecule has 1 atom stereocenters. The molecular weight excluding hydrogens is 229 g/mol. The standard InChI is InChI=1S/C14H20NOP/c1-10-12(9-14(2,3)16-17-4)11-7-5-6-8-13(11)15-10/h5-8,15,17H,9H2,1-4H3. The maximum atomic E-state index is 5.82. The molecule has 0 saturated heterocycles. The van der Waals surface area contributed by atoms with Gasteiger partial charge >= 0.3 is 0 Å². The number of benzene rings is 1. The number of nitrogens with one attached hydrogen (secondary N) is 1. The molecule has 0 aliphatic rings. The fraction of sp³-hybridized carbons (Fsp3) is 0.429. The van der Waals surface area contributed by atoms with E-state index >= 15 is 0 Å². The Bertz CT molecular complexity index is 516. The van der Waals surface area contributed by atoms with Crippen molar-refractivity contribution >= 4 is 19.7 Å². The number of H-pyrrole nitrogens is 1. The minimum atomic E-state index is -0.0943. The second-order valence-electron chi connectivity index (χ2n) is 5.02. The van der Waals surface area contributed by atoms with Crippen LogP contribution in [-0.2, 0) is 10.9 Å². The van der Waals surface area contributed by atoms with Gasteiger partial charge < -0.3 is 9.51 Å². The molecule has 0 aliphatic carbocycles. The predicted molar refractivity (Wildman–Crippen MR) is 76.1 cm³/mol. The molecule has 0 amide bonds. The molecule has 1 unspecified atom stereocenters. The highest BCUT2D eigenvalue weighted by molar-refractivity contribution is 7.31. The summed E-state index contributed by atoms with van der Waals surface area (Å²) >= 11 is 0. The largest absolute Gasteiger partial charge is 0.358 e. The van der Waals surface area contributed by atoms with Gasteiger partial charge in [-0.25, -0.2) is 0 Å². The Morgan fingerprint density at radius 2 is 2.00 bits per heavy atom. The molecule has 0 spiro atoms. The molecule has 3 heteroatoms. The molecule has 0 aliphatic heterocycles. The highest BCUT2D eigenvalue weighted by Gasteiger charge is 2.21. The second-order valence-corrected chi connectivity index (χ2v) is 5.63. The van der Waals surface area contributed by atoms with Gasteiger partial charge in [0.25, 0.3) is 0 Å². The minimum Gasteiger partial charge on any atom is -0.358 e. The first-order chi connectivity index (χ1) is 8.03. The van der Waals surface area contributed by atoms with Crippen molar-refractivity contribution in [2.24, 2.45) is 0 Å². The summed E-state index contributed by atoms with van der Waals surface area (Å²) in [6.45, 7) is 8.53. The van der Waals surface area contributed by atoms with Crippen molar-refractivity contribution < 1.29 is 4.52 Å². The van der Waals surface area contributed by atoms with E-state index in [4.69, 9.17) is 4.52 Å². The van der Waals surface area contributed by atoms with E-state index in [0.29, 0.717) is 8.81 Å². The molecule has 2 rings (SSSR count). The summed E-state index contributed by atoms with van der Waals surface area (Å²) in [5.41, 5.74) is 3.75. The lowest BCUT2D eigenvalue weighted by atomic mass is 9.96. The van der Waals surface area contributed by atoms with E-state index in [-0.39, 0.29) is 5.60 Å². The van der Waals surface area contributed by atoms with Crippen molar-refractivity contribution in [2.75, 3.05) is 6.66 Å². The average Bonchev–Trinajstić information content (AvgIpc) is 2.55. The average molecular weight is 249 g/mol. The Morgan fingerprint density at radius 1 is 1.29 bits per heavy atom. The van der Waals surface area contributed by atoms with Crippen molar-refractivity contribution in [1.29, 1.82) is 0 Å². The summed E-state index contributed by atoms with van der Waals surface area (Å²) in [6.07, 6.45) is 0.948. The quantitative estimate of drug-likeness (QED) is 0.813. The highest BCUT2D eigenvalue weighted by atomic mass is 31.1. The number of aromatic amines is 1. The molecule has 1 aromatic carbocycles. The van der Waals surface area contributed by atoms with Crippen LogP contribution in [0.3, 0.4) is 0 Å². The fourth-order valence-electron chi connectivity index (χ4n) is 2.30. The maximum absolute atomic E-state index is 5.82. The molecule has 2 nitrogen and oxygen atoms in total. The zero-order chi connectivity index (χ0) is 12.5. The lowest BCUT2D eigenvalue weighted by Gasteiger charge is -2.24. The number of aryl methyl sites for hydroxylation is 1. The number of hydrogen-bond donors (Lipinski definition) is 1. The normalized spacial score (nSPS) is 12.9. The first kappa shape index (κ1) is 12.6. The highest BCUT2D eigenvalue weighted by Crippen LogP contribution is 2.30. The van der Waals surface area contributed by atoms with E-state index in [1.807, 2.05) is 0 Å². The molecule has 0 saturated carbocycles. The summed E-state index contributed by atoms with van der Waals surface area (Å²) in [7, 11) is 0.534. The van der Waals surface area contributed by atoms with E-state index in [0.717, 1.165) is 6.42 Å². The number of hydrogen-bond acceptors (Lipinski definition) is 1. The first-order valence-electron chi connectivity index (χ1n) is 5.94. The molecular formula is C14H20NOP. The van der Waals surface area contributed by atoms with Crippen LogP contribution < -0.4 is 0 Å². The van der Waals surface area contributed by atoms with Crippen LogP contribution in [0.5, 0.6) is 0 Å². The predicted octanol–water partition coefficient (Wildman–Crippen LogP) is 4.04. The van der Waals surface area contributed by atoms with Crippen LogP contribution in [0.15, 0.2) is 24.3 Å². The van der Waals surface area contributed by atoms with Crippen LogP contribution in [0, 0.1) is 6.92 Å². The van der Waals surface area contributed by atoms with Crippen molar-refractivity contribution in [3.63, 3.8) is 0 Å². The van der Waals surface area contributed by atoms with Gasteiger partial charge in [0.15, 0.2) is 0 Å². The zero-order valence-corrected chi connectivity index (χ0v) is 11.9. The van der Waals surface area contributed by atoms with Crippen molar-refractivity contribution in [3.05, 3.63) is 35.5 Å². The molecule has 1 aromatic heterocycles. The summed E-state index contributed by atoms with van der Waals surface area (Å²) < 4.78 is 5.82. The van der Waals surface area contributed by atoms with E-state index in [1.165, 1.54) is 22.2 Å². The molecule has 0 bridgehead atoms. The third-order valence-electron chi connectivity index (χ3n) is 3.01. The Balaban J connectivity index is 2.38. The summed E-state index contributed by atoms with van der Waals surface area (Å²) in [5.74, 6) is 0. The third-order valence-corrected chi connectivity index (χ3v) is 3.76. The Morgan fingerprint density at radius 3 is 2.71 bits per heavy atom. The van der Waals surface area contributed by atoms with Crippen molar-refractivity contribution in [1.82, 2.24) is 4.98 Å². The molecule has 1 heterocycles. The van der Waals surface area contributed by atoms with Crippen LogP contribution in [0.2, 0.25) is 0 Å². The van der Waals surface area contributed by atoms with Gasteiger partial charge in [-0.05, 0) is 39.1 Å². The van der Waals surface area contributed by atoms with Gasteiger partial charge in [0.1, 0.15) is 0 Å². The summed E-state index contributed by atoms with van der Waals surface area (Å²) in [6, 6.07) is 8.46. The van der Waals surface area contributed by atoms with Crippen molar-refractivity contribution in [2.45, 2.75) is 32.8 Å². The molecule has 0 fully saturated rings. The SMILES string of the molecule is CPOC(C)(C)Cc1c(C)[nH]c2ccccc12. The summed E-state index contributed by atoms with van der Waals surface area (Å²) in [5, 5.41) is 1.32. The van der Waals surface area contributed by atoms with Crippen LogP contribution >= 0.6 is 8.81 Å². The van der Waals surface area contributed by atoms with Crippen LogP contribution in [0.25, 0.3) is 10.9 Å². The second kappa shape index (κ2) is 4.80. The van der Waals surface area contributed by atoms with Gasteiger partial charge in [-0.2, -0.15) is 0 Å². The number of rotatable bonds is 4. The van der Waals surface area contributed by atoms with E-state index in [9.17, 15) is 0 Å². The molecule has 1 N–H and O–H groups in total. The fourth-order valence-corrected chi connectivity index (χ4v) is 2.93. The van der Waals surface area contributed by atoms with Crippen molar-refractivity contribution in [3.8, 4) is 0 Å². The van der Waals surface area contributed by atoms with Crippen LogP contribution in [0.1, 0.15) is 25.1 Å². The monoisotopic (exact) mass is 249 g/mol. The Kier molecular flexibility index (Phi) is 3.56. The summed E-state index contributed by atoms with van der Waals surface area (Å²) in [4.78, 5) is 3.44. The minimum absolute atomic E-state index is 0.0943. The number of aromatic nitrogens is 1. The Labute approximate surface area is 105 Å².